The fourth-order valence-corrected chi connectivity index (χ4v) is 8.91. The Morgan fingerprint density at radius 3 is 1.32 bits per heavy atom. The molecule has 12 nitrogen and oxygen atoms in total. The average molecular weight is 817 g/mol. The van der Waals surface area contributed by atoms with Crippen LogP contribution in [0.3, 0.4) is 0 Å². The van der Waals surface area contributed by atoms with E-state index in [9.17, 15) is 29.8 Å². The van der Waals surface area contributed by atoms with Gasteiger partial charge in [0.2, 0.25) is 0 Å². The highest BCUT2D eigenvalue weighted by Crippen LogP contribution is 2.50. The molecule has 4 aromatic carbocycles. The number of carbonyl (C=O) groups excluding carboxylic acids is 2. The molecule has 0 spiro atoms. The van der Waals surface area contributed by atoms with Crippen LogP contribution in [0.15, 0.2) is 94.7 Å². The first-order valence-corrected chi connectivity index (χ1v) is 21.2. The van der Waals surface area contributed by atoms with Crippen molar-refractivity contribution in [2.24, 2.45) is 0 Å². The van der Waals surface area contributed by atoms with Crippen molar-refractivity contribution in [1.82, 2.24) is 20.9 Å². The molecule has 59 heavy (non-hydrogen) atoms. The third-order valence-corrected chi connectivity index (χ3v) is 11.8. The van der Waals surface area contributed by atoms with Gasteiger partial charge in [-0.1, -0.05) is 113 Å². The molecule has 4 aromatic rings. The Labute approximate surface area is 350 Å². The van der Waals surface area contributed by atoms with Crippen molar-refractivity contribution in [1.29, 1.82) is 0 Å². The minimum Gasteiger partial charge on any atom is -0.285 e. The molecule has 0 aliphatic carbocycles. The van der Waals surface area contributed by atoms with Crippen molar-refractivity contribution in [3.05, 3.63) is 127 Å². The number of hydrazine groups is 2. The highest BCUT2D eigenvalue weighted by molar-refractivity contribution is 7.99. The van der Waals surface area contributed by atoms with Gasteiger partial charge in [-0.2, -0.15) is 0 Å². The lowest BCUT2D eigenvalue weighted by Gasteiger charge is -2.26. The van der Waals surface area contributed by atoms with Gasteiger partial charge in [-0.25, -0.2) is 10.0 Å². The number of nitrogens with zero attached hydrogens (tertiary/aromatic N) is 4. The number of rotatable bonds is 14. The van der Waals surface area contributed by atoms with Crippen LogP contribution >= 0.6 is 11.8 Å². The van der Waals surface area contributed by atoms with E-state index < -0.39 is 9.85 Å². The number of nitro groups is 2. The molecule has 0 bridgehead atoms. The number of carbonyl (C=O) groups is 2. The number of benzene rings is 4. The van der Waals surface area contributed by atoms with Gasteiger partial charge in [-0.05, 0) is 95.2 Å². The fraction of sp³-hybridized carbons (Fsp3) is 0.348. The number of nitrogens with one attached hydrogen (secondary N) is 2. The van der Waals surface area contributed by atoms with Gasteiger partial charge in [0, 0.05) is 38.3 Å². The van der Waals surface area contributed by atoms with E-state index in [1.165, 1.54) is 12.2 Å². The lowest BCUT2D eigenvalue weighted by Crippen LogP contribution is -2.44. The molecule has 0 atom stereocenters. The van der Waals surface area contributed by atoms with Crippen LogP contribution in [0.5, 0.6) is 0 Å². The summed E-state index contributed by atoms with van der Waals surface area (Å²) in [6.07, 6.45) is 12.2. The van der Waals surface area contributed by atoms with Crippen LogP contribution in [-0.4, -0.2) is 57.9 Å². The molecule has 0 aromatic heterocycles. The summed E-state index contributed by atoms with van der Waals surface area (Å²) in [4.78, 5) is 52.3. The minimum atomic E-state index is -0.446. The van der Waals surface area contributed by atoms with Gasteiger partial charge < -0.3 is 0 Å². The zero-order chi connectivity index (χ0) is 42.1. The van der Waals surface area contributed by atoms with E-state index in [1.54, 1.807) is 36.4 Å². The van der Waals surface area contributed by atoms with Gasteiger partial charge >= 0.3 is 0 Å². The second kappa shape index (κ2) is 19.9. The molecule has 2 heterocycles. The van der Waals surface area contributed by atoms with Crippen molar-refractivity contribution in [2.45, 2.75) is 87.8 Å². The molecule has 0 unspecified atom stereocenters. The summed E-state index contributed by atoms with van der Waals surface area (Å²) in [6.45, 7) is 11.1. The molecule has 13 heteroatoms. The number of nitro benzene ring substituents is 2. The summed E-state index contributed by atoms with van der Waals surface area (Å²) in [5, 5.41) is 30.4. The Morgan fingerprint density at radius 2 is 0.966 bits per heavy atom. The van der Waals surface area contributed by atoms with Crippen LogP contribution < -0.4 is 10.9 Å². The normalized spacial score (nSPS) is 15.3. The highest BCUT2D eigenvalue weighted by Gasteiger charge is 2.31. The van der Waals surface area contributed by atoms with Crippen LogP contribution in [0.25, 0.3) is 34.4 Å². The molecule has 2 saturated heterocycles. The van der Waals surface area contributed by atoms with E-state index in [0.29, 0.717) is 33.4 Å². The SMILES string of the molecule is CC(C)c1ccccc1-c1c(/C=C/C(=O)NN2CCCCC2)ccc(Sc2ccc(/C=C/C(=O)NN3CCCCC3)c(-c3ccccc3C(C)C)c2[N+](=O)[O-])c1[N+](=O)[O-]. The number of amides is 2. The quantitative estimate of drug-likeness (QED) is 0.0720. The van der Waals surface area contributed by atoms with E-state index >= 15 is 0 Å². The van der Waals surface area contributed by atoms with Crippen molar-refractivity contribution < 1.29 is 19.4 Å². The maximum atomic E-state index is 13.3. The second-order valence-electron chi connectivity index (χ2n) is 15.6. The predicted octanol–water partition coefficient (Wildman–Crippen LogP) is 10.3. The molecule has 2 N–H and O–H groups in total. The maximum Gasteiger partial charge on any atom is 0.291 e. The Balaban J connectivity index is 1.49. The van der Waals surface area contributed by atoms with E-state index in [-0.39, 0.29) is 44.8 Å². The first-order valence-electron chi connectivity index (χ1n) is 20.4. The molecule has 2 amide bonds. The highest BCUT2D eigenvalue weighted by atomic mass is 32.2. The molecule has 0 saturated carbocycles. The van der Waals surface area contributed by atoms with Crippen molar-refractivity contribution in [2.75, 3.05) is 26.2 Å². The Bertz CT molecular complexity index is 2100. The van der Waals surface area contributed by atoms with E-state index in [4.69, 9.17) is 0 Å². The Kier molecular flexibility index (Phi) is 14.5. The fourth-order valence-electron chi connectivity index (χ4n) is 7.85. The zero-order valence-corrected chi connectivity index (χ0v) is 34.9. The van der Waals surface area contributed by atoms with E-state index in [1.807, 2.05) is 86.2 Å². The predicted molar refractivity (Wildman–Crippen MR) is 235 cm³/mol. The van der Waals surface area contributed by atoms with Crippen LogP contribution in [0.4, 0.5) is 11.4 Å². The standard InChI is InChI=1S/C46H52N6O6S/c1-31(2)35-15-7-9-17-37(35)43-33(21-25-41(53)47-49-27-11-5-12-28-49)19-23-39(45(43)51(55)56)59-40-24-20-34(22-26-42(54)48-50-29-13-6-14-30-50)44(46(40)52(57)58)38-18-10-8-16-36(38)32(3)4/h7-10,15-26,31-32H,5-6,11-14,27-30H2,1-4H3,(H,47,53)(H,48,54)/b25-21+,26-22+. The summed E-state index contributed by atoms with van der Waals surface area (Å²) in [5.74, 6) is -0.653. The molecule has 6 rings (SSSR count). The molecule has 2 fully saturated rings. The number of hydrogen-bond donors (Lipinski definition) is 2. The summed E-state index contributed by atoms with van der Waals surface area (Å²) < 4.78 is 0. The molecule has 308 valence electrons. The second-order valence-corrected chi connectivity index (χ2v) is 16.7. The number of hydrogen-bond acceptors (Lipinski definition) is 9. The van der Waals surface area contributed by atoms with Gasteiger partial charge in [0.25, 0.3) is 23.2 Å². The topological polar surface area (TPSA) is 151 Å². The van der Waals surface area contributed by atoms with E-state index in [0.717, 1.165) is 87.6 Å². The summed E-state index contributed by atoms with van der Waals surface area (Å²) >= 11 is 0.953. The average Bonchev–Trinajstić information content (AvgIpc) is 3.22. The van der Waals surface area contributed by atoms with Gasteiger partial charge in [0.1, 0.15) is 0 Å². The summed E-state index contributed by atoms with van der Waals surface area (Å²) in [6, 6.07) is 21.6. The third-order valence-electron chi connectivity index (χ3n) is 10.7. The smallest absolute Gasteiger partial charge is 0.285 e. The lowest BCUT2D eigenvalue weighted by atomic mass is 9.89. The molecular formula is C46H52N6O6S. The van der Waals surface area contributed by atoms with Crippen LogP contribution in [0.1, 0.15) is 100 Å². The number of piperidine rings is 2. The first kappa shape index (κ1) is 43.0. The molecule has 2 aliphatic rings. The summed E-state index contributed by atoms with van der Waals surface area (Å²) in [7, 11) is 0. The van der Waals surface area contributed by atoms with Gasteiger partial charge in [0.15, 0.2) is 0 Å². The third kappa shape index (κ3) is 10.5. The largest absolute Gasteiger partial charge is 0.291 e. The summed E-state index contributed by atoms with van der Waals surface area (Å²) in [5.41, 5.74) is 9.99. The first-order chi connectivity index (χ1) is 28.4. The maximum absolute atomic E-state index is 13.3. The Morgan fingerprint density at radius 1 is 0.593 bits per heavy atom. The van der Waals surface area contributed by atoms with Crippen LogP contribution in [0, 0.1) is 20.2 Å². The van der Waals surface area contributed by atoms with Crippen molar-refractivity contribution in [3.8, 4) is 22.3 Å². The molecule has 2 aliphatic heterocycles. The minimum absolute atomic E-state index is 0.00791. The van der Waals surface area contributed by atoms with Gasteiger partial charge in [0.05, 0.1) is 30.8 Å². The molecule has 0 radical (unpaired) electrons. The zero-order valence-electron chi connectivity index (χ0n) is 34.1. The van der Waals surface area contributed by atoms with Crippen molar-refractivity contribution >= 4 is 47.1 Å². The van der Waals surface area contributed by atoms with Crippen LogP contribution in [-0.2, 0) is 9.59 Å². The van der Waals surface area contributed by atoms with Gasteiger partial charge in [-0.3, -0.25) is 40.7 Å². The lowest BCUT2D eigenvalue weighted by molar-refractivity contribution is -0.387. The van der Waals surface area contributed by atoms with Crippen LogP contribution in [0.2, 0.25) is 0 Å². The molecular weight excluding hydrogens is 765 g/mol. The van der Waals surface area contributed by atoms with E-state index in [2.05, 4.69) is 10.9 Å². The Hall–Kier alpha value is -5.63. The van der Waals surface area contributed by atoms with Crippen molar-refractivity contribution in [3.63, 3.8) is 0 Å². The monoisotopic (exact) mass is 816 g/mol. The van der Waals surface area contributed by atoms with Gasteiger partial charge in [-0.15, -0.1) is 0 Å².